The van der Waals surface area contributed by atoms with Crippen molar-refractivity contribution < 1.29 is 4.79 Å². The van der Waals surface area contributed by atoms with Crippen molar-refractivity contribution in [3.8, 4) is 0 Å². The number of carbonyl (C=O) groups excluding carboxylic acids is 1. The van der Waals surface area contributed by atoms with E-state index in [2.05, 4.69) is 39.8 Å². The van der Waals surface area contributed by atoms with E-state index >= 15 is 0 Å². The molecule has 1 heterocycles. The lowest BCUT2D eigenvalue weighted by Crippen LogP contribution is -2.32. The Morgan fingerprint density at radius 1 is 1.15 bits per heavy atom. The van der Waals surface area contributed by atoms with Crippen molar-refractivity contribution in [1.82, 2.24) is 15.3 Å². The summed E-state index contributed by atoms with van der Waals surface area (Å²) in [5.74, 6) is 2.61. The summed E-state index contributed by atoms with van der Waals surface area (Å²) >= 11 is 0. The van der Waals surface area contributed by atoms with Crippen LogP contribution in [0.15, 0.2) is 0 Å². The molecule has 0 fully saturated rings. The highest BCUT2D eigenvalue weighted by Crippen LogP contribution is 2.19. The van der Waals surface area contributed by atoms with Gasteiger partial charge < -0.3 is 16.0 Å². The molecule has 0 unspecified atom stereocenters. The summed E-state index contributed by atoms with van der Waals surface area (Å²) in [6, 6.07) is 0. The maximum absolute atomic E-state index is 11.7. The van der Waals surface area contributed by atoms with E-state index in [9.17, 15) is 4.79 Å². The summed E-state index contributed by atoms with van der Waals surface area (Å²) in [7, 11) is 0. The second-order valence-corrected chi connectivity index (χ2v) is 5.17. The third-order valence-electron chi connectivity index (χ3n) is 2.73. The maximum Gasteiger partial charge on any atom is 0.239 e. The Morgan fingerprint density at radius 2 is 1.75 bits per heavy atom. The average Bonchev–Trinajstić information content (AvgIpc) is 2.38. The highest BCUT2D eigenvalue weighted by molar-refractivity contribution is 5.80. The molecule has 0 bridgehead atoms. The molecule has 0 saturated carbocycles. The molecule has 1 aromatic heterocycles. The molecule has 0 aliphatic rings. The number of nitrogens with zero attached hydrogens (tertiary/aromatic N) is 2. The molecular weight excluding hydrogens is 254 g/mol. The van der Waals surface area contributed by atoms with Gasteiger partial charge in [0, 0.05) is 18.7 Å². The smallest absolute Gasteiger partial charge is 0.239 e. The Balaban J connectivity index is 2.65. The van der Waals surface area contributed by atoms with Gasteiger partial charge in [-0.15, -0.1) is 0 Å². The number of rotatable bonds is 7. The summed E-state index contributed by atoms with van der Waals surface area (Å²) < 4.78 is 0. The molecule has 1 rings (SSSR count). The number of carbonyl (C=O) groups is 1. The zero-order chi connectivity index (χ0) is 15.1. The molecule has 1 amide bonds. The molecule has 20 heavy (non-hydrogen) atoms. The minimum Gasteiger partial charge on any atom is -0.370 e. The molecule has 6 nitrogen and oxygen atoms in total. The van der Waals surface area contributed by atoms with Crippen LogP contribution in [0.25, 0.3) is 0 Å². The first-order valence-electron chi connectivity index (χ1n) is 7.03. The van der Waals surface area contributed by atoms with Gasteiger partial charge in [-0.2, -0.15) is 0 Å². The van der Waals surface area contributed by atoms with Crippen molar-refractivity contribution >= 4 is 17.5 Å². The third kappa shape index (κ3) is 5.03. The highest BCUT2D eigenvalue weighted by atomic mass is 16.1. The van der Waals surface area contributed by atoms with Crippen molar-refractivity contribution in [2.45, 2.75) is 34.6 Å². The van der Waals surface area contributed by atoms with Crippen LogP contribution in [0.2, 0.25) is 0 Å². The lowest BCUT2D eigenvalue weighted by atomic mass is 10.2. The second-order valence-electron chi connectivity index (χ2n) is 5.17. The quantitative estimate of drug-likeness (QED) is 0.708. The van der Waals surface area contributed by atoms with Crippen LogP contribution in [0.4, 0.5) is 11.6 Å². The van der Waals surface area contributed by atoms with Gasteiger partial charge in [0.25, 0.3) is 0 Å². The molecule has 1 aromatic rings. The van der Waals surface area contributed by atoms with Gasteiger partial charge in [0.1, 0.15) is 17.5 Å². The predicted molar refractivity (Wildman–Crippen MR) is 82.0 cm³/mol. The van der Waals surface area contributed by atoms with Crippen LogP contribution in [0.3, 0.4) is 0 Å². The zero-order valence-corrected chi connectivity index (χ0v) is 13.0. The van der Waals surface area contributed by atoms with Gasteiger partial charge in [-0.25, -0.2) is 9.97 Å². The Bertz CT molecular complexity index is 459. The third-order valence-corrected chi connectivity index (χ3v) is 2.73. The van der Waals surface area contributed by atoms with E-state index in [-0.39, 0.29) is 12.5 Å². The van der Waals surface area contributed by atoms with Gasteiger partial charge in [0.2, 0.25) is 5.91 Å². The fourth-order valence-corrected chi connectivity index (χ4v) is 1.68. The molecule has 0 radical (unpaired) electrons. The van der Waals surface area contributed by atoms with Crippen LogP contribution >= 0.6 is 0 Å². The average molecular weight is 279 g/mol. The number of anilines is 2. The standard InChI is InChI=1S/C14H25N5O/c1-6-15-13-10(4)14(19-11(5)18-13)17-8-12(20)16-7-9(2)3/h9H,6-8H2,1-5H3,(H,16,20)(H2,15,17,18,19). The first kappa shape index (κ1) is 16.2. The number of hydrogen-bond acceptors (Lipinski definition) is 5. The van der Waals surface area contributed by atoms with Gasteiger partial charge >= 0.3 is 0 Å². The lowest BCUT2D eigenvalue weighted by Gasteiger charge is -2.14. The van der Waals surface area contributed by atoms with E-state index in [1.54, 1.807) is 0 Å². The molecule has 0 aliphatic carbocycles. The molecular formula is C14H25N5O. The normalized spacial score (nSPS) is 10.5. The predicted octanol–water partition coefficient (Wildman–Crippen LogP) is 1.71. The van der Waals surface area contributed by atoms with Crippen LogP contribution in [0, 0.1) is 19.8 Å². The van der Waals surface area contributed by atoms with Crippen molar-refractivity contribution in [1.29, 1.82) is 0 Å². The van der Waals surface area contributed by atoms with Gasteiger partial charge in [-0.3, -0.25) is 4.79 Å². The van der Waals surface area contributed by atoms with Gasteiger partial charge in [-0.05, 0) is 26.7 Å². The second kappa shape index (κ2) is 7.67. The molecule has 112 valence electrons. The van der Waals surface area contributed by atoms with Crippen LogP contribution < -0.4 is 16.0 Å². The highest BCUT2D eigenvalue weighted by Gasteiger charge is 2.10. The Morgan fingerprint density at radius 3 is 2.30 bits per heavy atom. The van der Waals surface area contributed by atoms with Crippen LogP contribution in [-0.2, 0) is 4.79 Å². The van der Waals surface area contributed by atoms with Crippen molar-refractivity contribution in [2.75, 3.05) is 30.3 Å². The minimum absolute atomic E-state index is 0.0284. The van der Waals surface area contributed by atoms with E-state index in [0.717, 1.165) is 17.9 Å². The largest absolute Gasteiger partial charge is 0.370 e. The SMILES string of the molecule is CCNc1nc(C)nc(NCC(=O)NCC(C)C)c1C. The van der Waals surface area contributed by atoms with Crippen molar-refractivity contribution in [2.24, 2.45) is 5.92 Å². The molecule has 3 N–H and O–H groups in total. The van der Waals surface area contributed by atoms with Crippen LogP contribution in [0.5, 0.6) is 0 Å². The Labute approximate surface area is 120 Å². The topological polar surface area (TPSA) is 78.9 Å². The maximum atomic E-state index is 11.7. The Kier molecular flexibility index (Phi) is 6.21. The van der Waals surface area contributed by atoms with E-state index in [0.29, 0.717) is 24.1 Å². The fourth-order valence-electron chi connectivity index (χ4n) is 1.68. The summed E-state index contributed by atoms with van der Waals surface area (Å²) in [5, 5.41) is 9.13. The van der Waals surface area contributed by atoms with E-state index in [1.165, 1.54) is 0 Å². The van der Waals surface area contributed by atoms with Crippen molar-refractivity contribution in [3.05, 3.63) is 11.4 Å². The van der Waals surface area contributed by atoms with Gasteiger partial charge in [-0.1, -0.05) is 13.8 Å². The molecule has 0 saturated heterocycles. The monoisotopic (exact) mass is 279 g/mol. The molecule has 0 aromatic carbocycles. The zero-order valence-electron chi connectivity index (χ0n) is 13.0. The van der Waals surface area contributed by atoms with Crippen molar-refractivity contribution in [3.63, 3.8) is 0 Å². The Hall–Kier alpha value is -1.85. The molecule has 6 heteroatoms. The molecule has 0 spiro atoms. The summed E-state index contributed by atoms with van der Waals surface area (Å²) in [6.07, 6.45) is 0. The number of hydrogen-bond donors (Lipinski definition) is 3. The van der Waals surface area contributed by atoms with Gasteiger partial charge in [0.05, 0.1) is 6.54 Å². The number of amides is 1. The first-order chi connectivity index (χ1) is 9.43. The van der Waals surface area contributed by atoms with Crippen LogP contribution in [-0.4, -0.2) is 35.5 Å². The minimum atomic E-state index is -0.0284. The van der Waals surface area contributed by atoms with Gasteiger partial charge in [0.15, 0.2) is 0 Å². The number of aryl methyl sites for hydroxylation is 1. The molecule has 0 atom stereocenters. The summed E-state index contributed by atoms with van der Waals surface area (Å²) in [6.45, 7) is 11.6. The van der Waals surface area contributed by atoms with Crippen LogP contribution in [0.1, 0.15) is 32.2 Å². The number of nitrogens with one attached hydrogen (secondary N) is 3. The summed E-state index contributed by atoms with van der Waals surface area (Å²) in [5.41, 5.74) is 0.925. The lowest BCUT2D eigenvalue weighted by molar-refractivity contribution is -0.119. The number of aromatic nitrogens is 2. The summed E-state index contributed by atoms with van der Waals surface area (Å²) in [4.78, 5) is 20.4. The van der Waals surface area contributed by atoms with E-state index < -0.39 is 0 Å². The first-order valence-corrected chi connectivity index (χ1v) is 7.03. The van der Waals surface area contributed by atoms with E-state index in [4.69, 9.17) is 0 Å². The van der Waals surface area contributed by atoms with E-state index in [1.807, 2.05) is 20.8 Å². The molecule has 0 aliphatic heterocycles. The fraction of sp³-hybridized carbons (Fsp3) is 0.643.